The highest BCUT2D eigenvalue weighted by atomic mass is 79.9. The highest BCUT2D eigenvalue weighted by molar-refractivity contribution is 9.10. The number of amides is 1. The Balaban J connectivity index is 1.33. The monoisotopic (exact) mass is 620 g/mol. The van der Waals surface area contributed by atoms with Crippen LogP contribution in [0.1, 0.15) is 28.1 Å². The molecule has 0 saturated carbocycles. The summed E-state index contributed by atoms with van der Waals surface area (Å²) in [5.41, 5.74) is 2.70. The summed E-state index contributed by atoms with van der Waals surface area (Å²) in [7, 11) is -3.80. The van der Waals surface area contributed by atoms with Crippen LogP contribution in [-0.2, 0) is 16.4 Å². The third kappa shape index (κ3) is 5.00. The van der Waals surface area contributed by atoms with Crippen LogP contribution in [0.5, 0.6) is 0 Å². The Labute approximate surface area is 237 Å². The standard InChI is InChI=1S/C28H21BrN4O4S2/c29-21-11-14-24-26(17-21)38-28(31-24)33(30-18-22-7-4-16-37-22)27(34)20-9-12-23(13-10-20)39(35,36)32-15-3-6-19-5-1-2-8-25(19)32/h1-2,4-5,7-14,16-18H,3,6,15H2/b30-18+. The molecule has 8 nitrogen and oxygen atoms in total. The molecule has 0 aliphatic carbocycles. The average molecular weight is 622 g/mol. The number of fused-ring (bicyclic) bond motifs is 2. The lowest BCUT2D eigenvalue weighted by Crippen LogP contribution is -2.35. The molecular weight excluding hydrogens is 600 g/mol. The molecule has 5 aromatic rings. The highest BCUT2D eigenvalue weighted by Gasteiger charge is 2.29. The largest absolute Gasteiger partial charge is 0.463 e. The normalized spacial score (nSPS) is 13.6. The Morgan fingerprint density at radius 3 is 2.69 bits per heavy atom. The van der Waals surface area contributed by atoms with Gasteiger partial charge in [0, 0.05) is 16.6 Å². The molecule has 0 saturated heterocycles. The van der Waals surface area contributed by atoms with Crippen molar-refractivity contribution in [3.05, 3.63) is 106 Å². The highest BCUT2D eigenvalue weighted by Crippen LogP contribution is 2.33. The molecule has 1 amide bonds. The van der Waals surface area contributed by atoms with Crippen molar-refractivity contribution in [2.45, 2.75) is 17.7 Å². The summed E-state index contributed by atoms with van der Waals surface area (Å²) in [6, 6.07) is 22.6. The van der Waals surface area contributed by atoms with Crippen molar-refractivity contribution in [3.8, 4) is 0 Å². The Kier molecular flexibility index (Phi) is 6.79. The number of aromatic nitrogens is 1. The number of aryl methyl sites for hydroxylation is 1. The molecule has 0 N–H and O–H groups in total. The maximum Gasteiger partial charge on any atom is 0.280 e. The molecular formula is C28H21BrN4O4S2. The van der Waals surface area contributed by atoms with Crippen molar-refractivity contribution >= 4 is 70.4 Å². The zero-order valence-electron chi connectivity index (χ0n) is 20.4. The van der Waals surface area contributed by atoms with Crippen LogP contribution >= 0.6 is 27.3 Å². The van der Waals surface area contributed by atoms with Gasteiger partial charge in [0.2, 0.25) is 5.13 Å². The predicted molar refractivity (Wildman–Crippen MR) is 156 cm³/mol. The molecule has 0 atom stereocenters. The van der Waals surface area contributed by atoms with Gasteiger partial charge in [-0.3, -0.25) is 9.10 Å². The first-order chi connectivity index (χ1) is 18.9. The first kappa shape index (κ1) is 25.5. The maximum atomic E-state index is 13.7. The number of carbonyl (C=O) groups is 1. The number of carbonyl (C=O) groups excluding carboxylic acids is 1. The fraction of sp³-hybridized carbons (Fsp3) is 0.107. The number of anilines is 2. The number of para-hydroxylation sites is 1. The number of halogens is 1. The van der Waals surface area contributed by atoms with Crippen LogP contribution in [0.4, 0.5) is 10.8 Å². The first-order valence-corrected chi connectivity index (χ1v) is 15.1. The van der Waals surface area contributed by atoms with E-state index in [4.69, 9.17) is 4.42 Å². The van der Waals surface area contributed by atoms with Crippen LogP contribution in [-0.4, -0.2) is 32.1 Å². The maximum absolute atomic E-state index is 13.7. The molecule has 39 heavy (non-hydrogen) atoms. The smallest absolute Gasteiger partial charge is 0.280 e. The summed E-state index contributed by atoms with van der Waals surface area (Å²) in [4.78, 5) is 18.4. The molecule has 11 heteroatoms. The van der Waals surface area contributed by atoms with Gasteiger partial charge >= 0.3 is 0 Å². The second-order valence-corrected chi connectivity index (χ2v) is 12.6. The Morgan fingerprint density at radius 1 is 1.08 bits per heavy atom. The van der Waals surface area contributed by atoms with Crippen LogP contribution in [0.2, 0.25) is 0 Å². The summed E-state index contributed by atoms with van der Waals surface area (Å²) < 4.78 is 35.6. The summed E-state index contributed by atoms with van der Waals surface area (Å²) >= 11 is 4.78. The van der Waals surface area contributed by atoms with Gasteiger partial charge in [-0.25, -0.2) is 13.4 Å². The van der Waals surface area contributed by atoms with E-state index in [0.29, 0.717) is 23.1 Å². The topological polar surface area (TPSA) is 96.1 Å². The van der Waals surface area contributed by atoms with Crippen LogP contribution in [0.3, 0.4) is 0 Å². The number of benzene rings is 3. The fourth-order valence-corrected chi connectivity index (χ4v) is 7.43. The summed E-state index contributed by atoms with van der Waals surface area (Å²) in [5, 5.41) is 5.95. The molecule has 2 aromatic heterocycles. The zero-order chi connectivity index (χ0) is 27.0. The number of hydrogen-bond donors (Lipinski definition) is 0. The van der Waals surface area contributed by atoms with E-state index in [1.165, 1.54) is 57.4 Å². The average Bonchev–Trinajstić information content (AvgIpc) is 3.62. The SMILES string of the molecule is O=C(c1ccc(S(=O)(=O)N2CCCc3ccccc32)cc1)N(/N=C/c1ccco1)c1nc2ccc(Br)cc2s1. The molecule has 3 aromatic carbocycles. The minimum absolute atomic E-state index is 0.117. The van der Waals surface area contributed by atoms with Crippen LogP contribution < -0.4 is 9.31 Å². The molecule has 0 bridgehead atoms. The van der Waals surface area contributed by atoms with E-state index >= 15 is 0 Å². The number of thiazole rings is 1. The number of furan rings is 1. The molecule has 0 radical (unpaired) electrons. The Morgan fingerprint density at radius 2 is 1.90 bits per heavy atom. The van der Waals surface area contributed by atoms with E-state index in [9.17, 15) is 13.2 Å². The minimum Gasteiger partial charge on any atom is -0.463 e. The molecule has 1 aliphatic heterocycles. The molecule has 6 rings (SSSR count). The van der Waals surface area contributed by atoms with Gasteiger partial charge < -0.3 is 4.42 Å². The summed E-state index contributed by atoms with van der Waals surface area (Å²) in [6.07, 6.45) is 4.54. The van der Waals surface area contributed by atoms with E-state index in [0.717, 1.165) is 33.1 Å². The Bertz CT molecular complexity index is 1800. The summed E-state index contributed by atoms with van der Waals surface area (Å²) in [6.45, 7) is 0.406. The van der Waals surface area contributed by atoms with Crippen LogP contribution in [0.25, 0.3) is 10.2 Å². The van der Waals surface area contributed by atoms with Gasteiger partial charge in [-0.05, 0) is 79.1 Å². The second kappa shape index (κ2) is 10.4. The molecule has 0 spiro atoms. The second-order valence-electron chi connectivity index (χ2n) is 8.82. The zero-order valence-corrected chi connectivity index (χ0v) is 23.6. The number of sulfonamides is 1. The van der Waals surface area contributed by atoms with E-state index in [1.54, 1.807) is 12.1 Å². The molecule has 3 heterocycles. The quantitative estimate of drug-likeness (QED) is 0.160. The number of hydrogen-bond acceptors (Lipinski definition) is 7. The van der Waals surface area contributed by atoms with Crippen molar-refractivity contribution in [2.75, 3.05) is 15.9 Å². The third-order valence-corrected chi connectivity index (χ3v) is 9.63. The van der Waals surface area contributed by atoms with Crippen molar-refractivity contribution in [1.29, 1.82) is 0 Å². The number of nitrogens with zero attached hydrogens (tertiary/aromatic N) is 4. The minimum atomic E-state index is -3.80. The third-order valence-electron chi connectivity index (χ3n) is 6.31. The fourth-order valence-electron chi connectivity index (χ4n) is 4.41. The van der Waals surface area contributed by atoms with E-state index in [-0.39, 0.29) is 10.5 Å². The lowest BCUT2D eigenvalue weighted by atomic mass is 10.0. The molecule has 0 fully saturated rings. The van der Waals surface area contributed by atoms with Gasteiger partial charge in [0.25, 0.3) is 15.9 Å². The van der Waals surface area contributed by atoms with E-state index in [1.807, 2.05) is 42.5 Å². The Hall–Kier alpha value is -3.80. The van der Waals surface area contributed by atoms with Crippen LogP contribution in [0, 0.1) is 0 Å². The van der Waals surface area contributed by atoms with Gasteiger partial charge in [-0.1, -0.05) is 45.5 Å². The van der Waals surface area contributed by atoms with Crippen molar-refractivity contribution < 1.29 is 17.6 Å². The summed E-state index contributed by atoms with van der Waals surface area (Å²) in [5.74, 6) is 0.0168. The van der Waals surface area contributed by atoms with Gasteiger partial charge in [0.05, 0.1) is 33.3 Å². The van der Waals surface area contributed by atoms with Crippen molar-refractivity contribution in [3.63, 3.8) is 0 Å². The number of rotatable bonds is 6. The molecule has 0 unspecified atom stereocenters. The van der Waals surface area contributed by atoms with Crippen molar-refractivity contribution in [2.24, 2.45) is 5.10 Å². The predicted octanol–water partition coefficient (Wildman–Crippen LogP) is 6.47. The van der Waals surface area contributed by atoms with Crippen LogP contribution in [0.15, 0.2) is 104 Å². The number of hydrazone groups is 1. The molecule has 196 valence electrons. The van der Waals surface area contributed by atoms with Crippen molar-refractivity contribution in [1.82, 2.24) is 4.98 Å². The lowest BCUT2D eigenvalue weighted by molar-refractivity contribution is 0.0987. The van der Waals surface area contributed by atoms with Gasteiger partial charge in [0.1, 0.15) is 5.76 Å². The van der Waals surface area contributed by atoms with Gasteiger partial charge in [-0.15, -0.1) is 0 Å². The molecule has 1 aliphatic rings. The van der Waals surface area contributed by atoms with Gasteiger partial charge in [-0.2, -0.15) is 10.1 Å². The van der Waals surface area contributed by atoms with Gasteiger partial charge in [0.15, 0.2) is 0 Å². The van der Waals surface area contributed by atoms with E-state index in [2.05, 4.69) is 26.0 Å². The first-order valence-electron chi connectivity index (χ1n) is 12.1. The lowest BCUT2D eigenvalue weighted by Gasteiger charge is -2.30. The van der Waals surface area contributed by atoms with E-state index < -0.39 is 15.9 Å².